The fourth-order valence-corrected chi connectivity index (χ4v) is 3.47. The van der Waals surface area contributed by atoms with E-state index in [1.807, 2.05) is 6.08 Å². The minimum absolute atomic E-state index is 1.04. The van der Waals surface area contributed by atoms with Gasteiger partial charge in [0.1, 0.15) is 0 Å². The molecule has 0 spiro atoms. The van der Waals surface area contributed by atoms with Gasteiger partial charge in [0.25, 0.3) is 0 Å². The van der Waals surface area contributed by atoms with Crippen molar-refractivity contribution in [1.29, 1.82) is 0 Å². The number of hydrogen-bond acceptors (Lipinski definition) is 1. The van der Waals surface area contributed by atoms with Gasteiger partial charge in [-0.05, 0) is 18.9 Å². The van der Waals surface area contributed by atoms with Gasteiger partial charge in [-0.1, -0.05) is 129 Å². The van der Waals surface area contributed by atoms with Crippen molar-refractivity contribution in [2.45, 2.75) is 135 Å². The first-order chi connectivity index (χ1) is 12.4. The molecule has 0 heterocycles. The Hall–Kier alpha value is -0.590. The smallest absolute Gasteiger partial charge is 0.225 e. The SMILES string of the molecule is CCCCCCCCCCCCCCCCCCCCCC=C[C]=O. The maximum absolute atomic E-state index is 9.99. The molecule has 0 saturated heterocycles. The van der Waals surface area contributed by atoms with Gasteiger partial charge in [-0.2, -0.15) is 0 Å². The van der Waals surface area contributed by atoms with Crippen LogP contribution in [0.15, 0.2) is 12.2 Å². The average molecular weight is 350 g/mol. The van der Waals surface area contributed by atoms with E-state index < -0.39 is 0 Å². The lowest BCUT2D eigenvalue weighted by molar-refractivity contribution is 0.523. The molecule has 1 heteroatoms. The van der Waals surface area contributed by atoms with E-state index >= 15 is 0 Å². The van der Waals surface area contributed by atoms with Gasteiger partial charge in [-0.25, -0.2) is 0 Å². The summed E-state index contributed by atoms with van der Waals surface area (Å²) in [6, 6.07) is 0. The van der Waals surface area contributed by atoms with Crippen molar-refractivity contribution in [3.8, 4) is 0 Å². The molecule has 0 fully saturated rings. The number of unbranched alkanes of at least 4 members (excludes halogenated alkanes) is 19. The highest BCUT2D eigenvalue weighted by molar-refractivity contribution is 5.65. The highest BCUT2D eigenvalue weighted by Crippen LogP contribution is 2.14. The molecular weight excluding hydrogens is 304 g/mol. The molecule has 1 radical (unpaired) electrons. The van der Waals surface area contributed by atoms with Crippen LogP contribution in [0.5, 0.6) is 0 Å². The third-order valence-corrected chi connectivity index (χ3v) is 5.16. The third-order valence-electron chi connectivity index (χ3n) is 5.16. The number of allylic oxidation sites excluding steroid dienone is 2. The van der Waals surface area contributed by atoms with Crippen LogP contribution < -0.4 is 0 Å². The maximum atomic E-state index is 9.99. The van der Waals surface area contributed by atoms with Gasteiger partial charge in [0.2, 0.25) is 6.29 Å². The Morgan fingerprint density at radius 1 is 0.520 bits per heavy atom. The van der Waals surface area contributed by atoms with Gasteiger partial charge in [0.15, 0.2) is 0 Å². The van der Waals surface area contributed by atoms with Gasteiger partial charge in [-0.3, -0.25) is 4.79 Å². The zero-order valence-corrected chi connectivity index (χ0v) is 17.2. The molecule has 0 saturated carbocycles. The predicted octanol–water partition coefficient (Wildman–Crippen LogP) is 8.47. The Morgan fingerprint density at radius 2 is 0.840 bits per heavy atom. The fourth-order valence-electron chi connectivity index (χ4n) is 3.47. The number of carbonyl (C=O) groups excluding carboxylic acids is 1. The number of hydrogen-bond donors (Lipinski definition) is 0. The molecule has 0 N–H and O–H groups in total. The second-order valence-electron chi connectivity index (χ2n) is 7.67. The van der Waals surface area contributed by atoms with Gasteiger partial charge >= 0.3 is 0 Å². The monoisotopic (exact) mass is 349 g/mol. The normalized spacial score (nSPS) is 11.4. The molecule has 0 aliphatic heterocycles. The van der Waals surface area contributed by atoms with Crippen LogP contribution in [0.1, 0.15) is 135 Å². The van der Waals surface area contributed by atoms with E-state index in [2.05, 4.69) is 6.92 Å². The van der Waals surface area contributed by atoms with Crippen LogP contribution in [0.3, 0.4) is 0 Å². The first-order valence-corrected chi connectivity index (χ1v) is 11.4. The molecule has 0 unspecified atom stereocenters. The topological polar surface area (TPSA) is 17.1 Å². The average Bonchev–Trinajstić information content (AvgIpc) is 2.63. The molecule has 0 aromatic rings. The van der Waals surface area contributed by atoms with Crippen LogP contribution in [-0.4, -0.2) is 6.29 Å². The Kier molecular flexibility index (Phi) is 22.9. The van der Waals surface area contributed by atoms with E-state index in [1.165, 1.54) is 128 Å². The van der Waals surface area contributed by atoms with Crippen molar-refractivity contribution in [2.75, 3.05) is 0 Å². The highest BCUT2D eigenvalue weighted by Gasteiger charge is 1.95. The van der Waals surface area contributed by atoms with Crippen molar-refractivity contribution in [2.24, 2.45) is 0 Å². The molecule has 0 aromatic heterocycles. The molecule has 0 aliphatic carbocycles. The first kappa shape index (κ1) is 24.4. The summed E-state index contributed by atoms with van der Waals surface area (Å²) in [5.41, 5.74) is 0. The third kappa shape index (κ3) is 23.4. The zero-order chi connectivity index (χ0) is 18.3. The Labute approximate surface area is 159 Å². The lowest BCUT2D eigenvalue weighted by atomic mass is 10.0. The molecule has 0 aromatic carbocycles. The summed E-state index contributed by atoms with van der Waals surface area (Å²) < 4.78 is 0. The summed E-state index contributed by atoms with van der Waals surface area (Å²) in [5.74, 6) is 0. The minimum Gasteiger partial charge on any atom is -0.286 e. The lowest BCUT2D eigenvalue weighted by Gasteiger charge is -2.03. The van der Waals surface area contributed by atoms with Gasteiger partial charge in [0, 0.05) is 0 Å². The molecular formula is C24H45O. The molecule has 0 bridgehead atoms. The van der Waals surface area contributed by atoms with Crippen LogP contribution in [-0.2, 0) is 4.79 Å². The molecule has 147 valence electrons. The molecule has 1 nitrogen and oxygen atoms in total. The van der Waals surface area contributed by atoms with Crippen molar-refractivity contribution < 1.29 is 4.79 Å². The molecule has 25 heavy (non-hydrogen) atoms. The van der Waals surface area contributed by atoms with Crippen molar-refractivity contribution in [3.05, 3.63) is 12.2 Å². The van der Waals surface area contributed by atoms with Gasteiger partial charge in [-0.15, -0.1) is 0 Å². The minimum atomic E-state index is 1.04. The summed E-state index contributed by atoms with van der Waals surface area (Å²) in [4.78, 5) is 9.99. The second-order valence-corrected chi connectivity index (χ2v) is 7.67. The van der Waals surface area contributed by atoms with Crippen LogP contribution in [0.2, 0.25) is 0 Å². The maximum Gasteiger partial charge on any atom is 0.225 e. The number of rotatable bonds is 21. The summed E-state index contributed by atoms with van der Waals surface area (Å²) in [7, 11) is 0. The van der Waals surface area contributed by atoms with E-state index in [0.29, 0.717) is 0 Å². The Morgan fingerprint density at radius 3 is 1.16 bits per heavy atom. The van der Waals surface area contributed by atoms with Crippen LogP contribution in [0.25, 0.3) is 0 Å². The van der Waals surface area contributed by atoms with Crippen LogP contribution in [0, 0.1) is 0 Å². The quantitative estimate of drug-likeness (QED) is 0.150. The standard InChI is InChI=1S/C24H45O/c1-2-3-4-5-6-7-8-9-10-11-12-13-14-15-16-17-18-19-20-21-22-23-24-25/h22-23H,2-21H2,1H3. The summed E-state index contributed by atoms with van der Waals surface area (Å²) >= 11 is 0. The van der Waals surface area contributed by atoms with E-state index in [4.69, 9.17) is 0 Å². The Bertz CT molecular complexity index is 269. The van der Waals surface area contributed by atoms with E-state index in [1.54, 1.807) is 6.29 Å². The van der Waals surface area contributed by atoms with Crippen molar-refractivity contribution in [3.63, 3.8) is 0 Å². The molecule has 0 amide bonds. The van der Waals surface area contributed by atoms with Crippen molar-refractivity contribution >= 4 is 6.29 Å². The van der Waals surface area contributed by atoms with Gasteiger partial charge < -0.3 is 0 Å². The molecule has 0 aliphatic rings. The van der Waals surface area contributed by atoms with E-state index in [9.17, 15) is 4.79 Å². The summed E-state index contributed by atoms with van der Waals surface area (Å²) in [6.07, 6.45) is 33.2. The Balaban J connectivity index is 2.98. The predicted molar refractivity (Wildman–Crippen MR) is 113 cm³/mol. The van der Waals surface area contributed by atoms with Gasteiger partial charge in [0.05, 0.1) is 0 Å². The zero-order valence-electron chi connectivity index (χ0n) is 17.2. The summed E-state index contributed by atoms with van der Waals surface area (Å²) in [5, 5.41) is 0. The molecule has 0 atom stereocenters. The second kappa shape index (κ2) is 23.4. The van der Waals surface area contributed by atoms with E-state index in [0.717, 1.165) is 6.42 Å². The largest absolute Gasteiger partial charge is 0.286 e. The van der Waals surface area contributed by atoms with E-state index in [-0.39, 0.29) is 0 Å². The van der Waals surface area contributed by atoms with Crippen LogP contribution in [0.4, 0.5) is 0 Å². The first-order valence-electron chi connectivity index (χ1n) is 11.4. The fraction of sp³-hybridized carbons (Fsp3) is 0.875. The molecule has 0 rings (SSSR count). The van der Waals surface area contributed by atoms with Crippen molar-refractivity contribution in [1.82, 2.24) is 0 Å². The summed E-state index contributed by atoms with van der Waals surface area (Å²) in [6.45, 7) is 2.29. The highest BCUT2D eigenvalue weighted by atomic mass is 16.1. The lowest BCUT2D eigenvalue weighted by Crippen LogP contribution is -1.84. The van der Waals surface area contributed by atoms with Crippen LogP contribution >= 0.6 is 0 Å².